The molecule has 0 spiro atoms. The summed E-state index contributed by atoms with van der Waals surface area (Å²) in [6.45, 7) is 3.55. The van der Waals surface area contributed by atoms with Gasteiger partial charge in [0.25, 0.3) is 0 Å². The minimum Gasteiger partial charge on any atom is -0.356 e. The molecule has 1 rings (SSSR count). The van der Waals surface area contributed by atoms with Gasteiger partial charge in [0.2, 0.25) is 0 Å². The van der Waals surface area contributed by atoms with Gasteiger partial charge >= 0.3 is 0 Å². The molecule has 0 aromatic carbocycles. The number of nitrogens with zero attached hydrogens (tertiary/aromatic N) is 1. The van der Waals surface area contributed by atoms with Crippen LogP contribution in [0.25, 0.3) is 0 Å². The molecule has 114 valence electrons. The van der Waals surface area contributed by atoms with Crippen LogP contribution in [0.1, 0.15) is 24.8 Å². The first kappa shape index (κ1) is 17.0. The molecule has 1 aromatic heterocycles. The molecule has 5 nitrogen and oxygen atoms in total. The third-order valence-corrected chi connectivity index (χ3v) is 4.63. The molecule has 0 amide bonds. The topological polar surface area (TPSA) is 70.6 Å². The maximum atomic E-state index is 11.0. The van der Waals surface area contributed by atoms with E-state index in [1.54, 1.807) is 18.4 Å². The van der Waals surface area contributed by atoms with E-state index in [9.17, 15) is 8.42 Å². The summed E-state index contributed by atoms with van der Waals surface area (Å²) >= 11 is 1.70. The normalized spacial score (nSPS) is 14.1. The Morgan fingerprint density at radius 2 is 2.20 bits per heavy atom. The minimum absolute atomic E-state index is 0.197. The van der Waals surface area contributed by atoms with Gasteiger partial charge in [0.1, 0.15) is 9.84 Å². The van der Waals surface area contributed by atoms with Gasteiger partial charge in [-0.25, -0.2) is 8.42 Å². The standard InChI is InChI=1S/C13H23N3O2S2/c1-11(12-5-7-19-10-12)9-16-13(14-2)15-6-4-8-20(3,17)18/h5,7,10-11H,4,6,8-9H2,1-3H3,(H2,14,15,16). The minimum atomic E-state index is -2.88. The second kappa shape index (κ2) is 8.26. The van der Waals surface area contributed by atoms with Crippen molar-refractivity contribution in [1.82, 2.24) is 10.6 Å². The lowest BCUT2D eigenvalue weighted by Gasteiger charge is -2.15. The van der Waals surface area contributed by atoms with E-state index in [0.29, 0.717) is 24.8 Å². The van der Waals surface area contributed by atoms with Crippen molar-refractivity contribution in [2.45, 2.75) is 19.3 Å². The number of hydrogen-bond donors (Lipinski definition) is 2. The Morgan fingerprint density at radius 3 is 2.75 bits per heavy atom. The van der Waals surface area contributed by atoms with Crippen molar-refractivity contribution in [3.05, 3.63) is 22.4 Å². The predicted octanol–water partition coefficient (Wildman–Crippen LogP) is 1.45. The van der Waals surface area contributed by atoms with Crippen molar-refractivity contribution in [2.24, 2.45) is 4.99 Å². The predicted molar refractivity (Wildman–Crippen MR) is 86.4 cm³/mol. The zero-order chi connectivity index (χ0) is 15.0. The first-order chi connectivity index (χ1) is 9.42. The molecule has 0 fully saturated rings. The zero-order valence-electron chi connectivity index (χ0n) is 12.2. The third kappa shape index (κ3) is 6.91. The summed E-state index contributed by atoms with van der Waals surface area (Å²) < 4.78 is 22.0. The van der Waals surface area contributed by atoms with E-state index in [1.807, 2.05) is 0 Å². The van der Waals surface area contributed by atoms with Crippen molar-refractivity contribution >= 4 is 27.1 Å². The Hall–Kier alpha value is -1.08. The average molecular weight is 317 g/mol. The Kier molecular flexibility index (Phi) is 7.01. The first-order valence-electron chi connectivity index (χ1n) is 6.56. The Morgan fingerprint density at radius 1 is 1.45 bits per heavy atom. The molecule has 1 atom stereocenters. The summed E-state index contributed by atoms with van der Waals surface area (Å²) in [6.07, 6.45) is 1.84. The highest BCUT2D eigenvalue weighted by atomic mass is 32.2. The molecule has 0 saturated carbocycles. The van der Waals surface area contributed by atoms with Crippen LogP contribution in [-0.2, 0) is 9.84 Å². The average Bonchev–Trinajstić information content (AvgIpc) is 2.90. The van der Waals surface area contributed by atoms with E-state index in [2.05, 4.69) is 39.4 Å². The lowest BCUT2D eigenvalue weighted by molar-refractivity contribution is 0.598. The number of sulfone groups is 1. The van der Waals surface area contributed by atoms with Crippen molar-refractivity contribution in [3.63, 3.8) is 0 Å². The van der Waals surface area contributed by atoms with Crippen molar-refractivity contribution < 1.29 is 8.42 Å². The highest BCUT2D eigenvalue weighted by molar-refractivity contribution is 7.90. The van der Waals surface area contributed by atoms with Gasteiger partial charge < -0.3 is 10.6 Å². The molecule has 0 saturated heterocycles. The summed E-state index contributed by atoms with van der Waals surface area (Å²) in [5, 5.41) is 10.6. The van der Waals surface area contributed by atoms with Crippen LogP contribution in [0, 0.1) is 0 Å². The second-order valence-electron chi connectivity index (χ2n) is 4.82. The highest BCUT2D eigenvalue weighted by Crippen LogP contribution is 2.16. The van der Waals surface area contributed by atoms with E-state index in [-0.39, 0.29) is 5.75 Å². The van der Waals surface area contributed by atoms with Gasteiger partial charge in [0.05, 0.1) is 5.75 Å². The second-order valence-corrected chi connectivity index (χ2v) is 7.86. The molecule has 1 aromatic rings. The number of thiophene rings is 1. The number of rotatable bonds is 7. The largest absolute Gasteiger partial charge is 0.356 e. The van der Waals surface area contributed by atoms with Crippen LogP contribution in [0.5, 0.6) is 0 Å². The monoisotopic (exact) mass is 317 g/mol. The van der Waals surface area contributed by atoms with E-state index in [0.717, 1.165) is 6.54 Å². The summed E-state index contributed by atoms with van der Waals surface area (Å²) in [6, 6.07) is 2.12. The van der Waals surface area contributed by atoms with Crippen LogP contribution in [0.2, 0.25) is 0 Å². The van der Waals surface area contributed by atoms with Gasteiger partial charge in [-0.15, -0.1) is 0 Å². The fourth-order valence-corrected chi connectivity index (χ4v) is 3.14. The molecule has 20 heavy (non-hydrogen) atoms. The number of hydrogen-bond acceptors (Lipinski definition) is 4. The van der Waals surface area contributed by atoms with Gasteiger partial charge in [-0.1, -0.05) is 6.92 Å². The Balaban J connectivity index is 2.26. The van der Waals surface area contributed by atoms with Crippen LogP contribution in [0.3, 0.4) is 0 Å². The molecule has 0 aliphatic heterocycles. The molecular formula is C13H23N3O2S2. The molecule has 2 N–H and O–H groups in total. The molecule has 0 aliphatic rings. The maximum Gasteiger partial charge on any atom is 0.190 e. The molecule has 0 aliphatic carbocycles. The Bertz CT molecular complexity index is 510. The van der Waals surface area contributed by atoms with Crippen molar-refractivity contribution in [1.29, 1.82) is 0 Å². The number of aliphatic imine (C=N–C) groups is 1. The van der Waals surface area contributed by atoms with Gasteiger partial charge in [0, 0.05) is 26.4 Å². The Labute approximate surface area is 125 Å². The van der Waals surface area contributed by atoms with Crippen LogP contribution in [0.4, 0.5) is 0 Å². The first-order valence-corrected chi connectivity index (χ1v) is 9.57. The fourth-order valence-electron chi connectivity index (χ4n) is 1.68. The molecule has 0 radical (unpaired) electrons. The number of guanidine groups is 1. The van der Waals surface area contributed by atoms with Crippen LogP contribution in [0.15, 0.2) is 21.8 Å². The molecule has 1 heterocycles. The number of nitrogens with one attached hydrogen (secondary N) is 2. The third-order valence-electron chi connectivity index (χ3n) is 2.90. The van der Waals surface area contributed by atoms with Crippen LogP contribution >= 0.6 is 11.3 Å². The van der Waals surface area contributed by atoms with Crippen LogP contribution < -0.4 is 10.6 Å². The fraction of sp³-hybridized carbons (Fsp3) is 0.615. The van der Waals surface area contributed by atoms with E-state index in [1.165, 1.54) is 11.8 Å². The quantitative estimate of drug-likeness (QED) is 0.454. The lowest BCUT2D eigenvalue weighted by atomic mass is 10.1. The summed E-state index contributed by atoms with van der Waals surface area (Å²) in [7, 11) is -1.17. The van der Waals surface area contributed by atoms with E-state index >= 15 is 0 Å². The SMILES string of the molecule is CN=C(NCCCS(C)(=O)=O)NCC(C)c1ccsc1. The van der Waals surface area contributed by atoms with Crippen molar-refractivity contribution in [2.75, 3.05) is 32.1 Å². The van der Waals surface area contributed by atoms with Gasteiger partial charge in [-0.2, -0.15) is 11.3 Å². The highest BCUT2D eigenvalue weighted by Gasteiger charge is 2.07. The van der Waals surface area contributed by atoms with Gasteiger partial charge in [-0.05, 0) is 34.7 Å². The summed E-state index contributed by atoms with van der Waals surface area (Å²) in [5.74, 6) is 1.32. The van der Waals surface area contributed by atoms with E-state index < -0.39 is 9.84 Å². The summed E-state index contributed by atoms with van der Waals surface area (Å²) in [5.41, 5.74) is 1.31. The summed E-state index contributed by atoms with van der Waals surface area (Å²) in [4.78, 5) is 4.12. The molecule has 0 bridgehead atoms. The zero-order valence-corrected chi connectivity index (χ0v) is 13.9. The molecular weight excluding hydrogens is 294 g/mol. The van der Waals surface area contributed by atoms with Crippen molar-refractivity contribution in [3.8, 4) is 0 Å². The molecule has 1 unspecified atom stereocenters. The maximum absolute atomic E-state index is 11.0. The van der Waals surface area contributed by atoms with Gasteiger partial charge in [-0.3, -0.25) is 4.99 Å². The molecule has 7 heteroatoms. The lowest BCUT2D eigenvalue weighted by Crippen LogP contribution is -2.39. The van der Waals surface area contributed by atoms with Crippen LogP contribution in [-0.4, -0.2) is 46.5 Å². The van der Waals surface area contributed by atoms with Gasteiger partial charge in [0.15, 0.2) is 5.96 Å². The smallest absolute Gasteiger partial charge is 0.190 e. The van der Waals surface area contributed by atoms with E-state index in [4.69, 9.17) is 0 Å².